The van der Waals surface area contributed by atoms with E-state index < -0.39 is 18.2 Å². The van der Waals surface area contributed by atoms with Gasteiger partial charge in [-0.3, -0.25) is 14.4 Å². The number of benzene rings is 3. The second-order valence-electron chi connectivity index (χ2n) is 14.0. The van der Waals surface area contributed by atoms with Crippen molar-refractivity contribution < 1.29 is 29.3 Å². The zero-order chi connectivity index (χ0) is 39.1. The summed E-state index contributed by atoms with van der Waals surface area (Å²) in [6.45, 7) is 7.35. The molecule has 2 atom stereocenters. The number of ether oxygens (including phenoxy) is 1. The highest BCUT2D eigenvalue weighted by atomic mass is 16.5. The quantitative estimate of drug-likeness (QED) is 0.130. The number of fused-ring (bicyclic) bond motifs is 1. The molecule has 0 radical (unpaired) electrons. The minimum absolute atomic E-state index is 0.0870. The molecule has 0 bridgehead atoms. The summed E-state index contributed by atoms with van der Waals surface area (Å²) in [4.78, 5) is 45.5. The van der Waals surface area contributed by atoms with Crippen LogP contribution >= 0.6 is 0 Å². The molecule has 3 aromatic carbocycles. The van der Waals surface area contributed by atoms with Crippen LogP contribution in [-0.2, 0) is 17.8 Å². The van der Waals surface area contributed by atoms with Crippen molar-refractivity contribution in [2.75, 3.05) is 32.1 Å². The molecule has 0 spiro atoms. The third-order valence-electron chi connectivity index (χ3n) is 10.2. The number of aliphatic hydroxyl groups excluding tert-OH is 2. The van der Waals surface area contributed by atoms with Crippen LogP contribution in [0.25, 0.3) is 11.4 Å². The number of allylic oxidation sites excluding steroid dienone is 2. The number of nitrogens with one attached hydrogen (secondary N) is 2. The molecule has 12 nitrogen and oxygen atoms in total. The van der Waals surface area contributed by atoms with Gasteiger partial charge in [-0.15, -0.1) is 0 Å². The maximum atomic E-state index is 14.7. The third kappa shape index (κ3) is 8.66. The van der Waals surface area contributed by atoms with Crippen LogP contribution in [-0.4, -0.2) is 86.6 Å². The number of dihydropyridines is 1. The summed E-state index contributed by atoms with van der Waals surface area (Å²) in [5, 5.41) is 32.0. The normalized spacial score (nSPS) is 16.4. The average Bonchev–Trinajstić information content (AvgIpc) is 3.60. The molecule has 4 N–H and O–H groups in total. The van der Waals surface area contributed by atoms with Crippen LogP contribution in [0.3, 0.4) is 0 Å². The van der Waals surface area contributed by atoms with Gasteiger partial charge in [0.2, 0.25) is 0 Å². The predicted molar refractivity (Wildman–Crippen MR) is 212 cm³/mol. The minimum Gasteiger partial charge on any atom is -0.497 e. The molecule has 1 aromatic heterocycles. The number of nitrogens with zero attached hydrogens (tertiary/aromatic N) is 4. The summed E-state index contributed by atoms with van der Waals surface area (Å²) >= 11 is 0. The molecule has 2 aliphatic rings. The lowest BCUT2D eigenvalue weighted by atomic mass is 9.93. The number of hydrogen-bond acceptors (Lipinski definition) is 8. The second kappa shape index (κ2) is 17.6. The highest BCUT2D eigenvalue weighted by molar-refractivity contribution is 6.07. The Hall–Kier alpha value is -5.72. The molecule has 55 heavy (non-hydrogen) atoms. The van der Waals surface area contributed by atoms with Crippen LogP contribution in [0.15, 0.2) is 90.5 Å². The number of carbonyl (C=O) groups is 3. The number of amides is 3. The standard InChI is InChI=1S/C43H50N6O6/c1-5-7-21-47(22-8-6-2)43(54)38-23-28(3)49(46-38)39-20-15-32(25-36(39)42(53)48-26-31-12-10-9-11-30(31)24-33(48)27-50)44-40(51)35-18-19-37(45-41(35)52)29-13-16-34(55-4)17-14-29/h9-20,23,25,33,41,45,50,52H,5-8,21-22,24,26-27H2,1-4H3,(H,44,51)/t33-,41?/m0/s1. The maximum absolute atomic E-state index is 14.7. The smallest absolute Gasteiger partial charge is 0.274 e. The largest absolute Gasteiger partial charge is 0.497 e. The Balaban J connectivity index is 1.34. The summed E-state index contributed by atoms with van der Waals surface area (Å²) in [5.74, 6) is -0.379. The van der Waals surface area contributed by atoms with Crippen LogP contribution < -0.4 is 15.4 Å². The first kappa shape index (κ1) is 39.0. The lowest BCUT2D eigenvalue weighted by Crippen LogP contribution is -2.46. The fourth-order valence-corrected chi connectivity index (χ4v) is 7.00. The Labute approximate surface area is 322 Å². The molecule has 12 heteroatoms. The van der Waals surface area contributed by atoms with Gasteiger partial charge in [0, 0.05) is 36.7 Å². The van der Waals surface area contributed by atoms with Gasteiger partial charge in [0.15, 0.2) is 11.9 Å². The van der Waals surface area contributed by atoms with Gasteiger partial charge in [0.25, 0.3) is 17.7 Å². The molecule has 0 saturated carbocycles. The SMILES string of the molecule is CCCCN(CCCC)C(=O)c1cc(C)n(-c2ccc(NC(=O)C3=CC=C(c4ccc(OC)cc4)NC3O)cc2C(=O)N2Cc3ccccc3C[C@H]2CO)n1. The Morgan fingerprint density at radius 1 is 0.964 bits per heavy atom. The molecule has 0 saturated heterocycles. The Morgan fingerprint density at radius 3 is 2.33 bits per heavy atom. The highest BCUT2D eigenvalue weighted by Crippen LogP contribution is 2.30. The average molecular weight is 747 g/mol. The topological polar surface area (TPSA) is 149 Å². The van der Waals surface area contributed by atoms with Crippen LogP contribution in [0, 0.1) is 6.92 Å². The number of aryl methyl sites for hydroxylation is 1. The molecular weight excluding hydrogens is 697 g/mol. The van der Waals surface area contributed by atoms with Crippen molar-refractivity contribution in [3.63, 3.8) is 0 Å². The number of carbonyl (C=O) groups excluding carboxylic acids is 3. The van der Waals surface area contributed by atoms with E-state index >= 15 is 0 Å². The first-order valence-corrected chi connectivity index (χ1v) is 19.0. The van der Waals surface area contributed by atoms with Gasteiger partial charge < -0.3 is 35.4 Å². The van der Waals surface area contributed by atoms with E-state index in [-0.39, 0.29) is 41.8 Å². The van der Waals surface area contributed by atoms with Gasteiger partial charge >= 0.3 is 0 Å². The van der Waals surface area contributed by atoms with Gasteiger partial charge in [0.1, 0.15) is 5.75 Å². The first-order chi connectivity index (χ1) is 26.6. The zero-order valence-corrected chi connectivity index (χ0v) is 31.9. The van der Waals surface area contributed by atoms with Crippen molar-refractivity contribution in [1.82, 2.24) is 24.9 Å². The molecule has 2 aliphatic heterocycles. The predicted octanol–water partition coefficient (Wildman–Crippen LogP) is 5.62. The first-order valence-electron chi connectivity index (χ1n) is 19.0. The van der Waals surface area contributed by atoms with Crippen molar-refractivity contribution in [2.24, 2.45) is 0 Å². The minimum atomic E-state index is -1.29. The number of rotatable bonds is 14. The van der Waals surface area contributed by atoms with E-state index in [2.05, 4.69) is 24.5 Å². The number of unbranched alkanes of at least 4 members (excludes halogenated alkanes) is 2. The molecule has 3 amide bonds. The Bertz CT molecular complexity index is 2080. The summed E-state index contributed by atoms with van der Waals surface area (Å²) < 4.78 is 6.83. The monoisotopic (exact) mass is 746 g/mol. The number of aromatic nitrogens is 2. The van der Waals surface area contributed by atoms with Crippen molar-refractivity contribution >= 4 is 29.1 Å². The molecule has 1 unspecified atom stereocenters. The summed E-state index contributed by atoms with van der Waals surface area (Å²) in [6, 6.07) is 21.4. The number of anilines is 1. The molecule has 4 aromatic rings. The zero-order valence-electron chi connectivity index (χ0n) is 31.9. The fraction of sp³-hybridized carbons (Fsp3) is 0.349. The van der Waals surface area contributed by atoms with E-state index in [9.17, 15) is 24.6 Å². The van der Waals surface area contributed by atoms with E-state index in [1.807, 2.05) is 60.4 Å². The molecule has 0 aliphatic carbocycles. The van der Waals surface area contributed by atoms with E-state index in [0.29, 0.717) is 48.0 Å². The van der Waals surface area contributed by atoms with E-state index in [1.165, 1.54) is 0 Å². The van der Waals surface area contributed by atoms with Gasteiger partial charge in [-0.25, -0.2) is 4.68 Å². The van der Waals surface area contributed by atoms with E-state index in [4.69, 9.17) is 9.84 Å². The maximum Gasteiger partial charge on any atom is 0.274 e. The van der Waals surface area contributed by atoms with Crippen LogP contribution in [0.5, 0.6) is 5.75 Å². The number of methoxy groups -OCH3 is 1. The molecular formula is C43H50N6O6. The van der Waals surface area contributed by atoms with Crippen LogP contribution in [0.4, 0.5) is 5.69 Å². The van der Waals surface area contributed by atoms with Crippen molar-refractivity contribution in [1.29, 1.82) is 0 Å². The second-order valence-corrected chi connectivity index (χ2v) is 14.0. The van der Waals surface area contributed by atoms with Gasteiger partial charge in [-0.1, -0.05) is 51.0 Å². The van der Waals surface area contributed by atoms with E-state index in [1.54, 1.807) is 53.1 Å². The van der Waals surface area contributed by atoms with E-state index in [0.717, 1.165) is 42.4 Å². The summed E-state index contributed by atoms with van der Waals surface area (Å²) in [7, 11) is 1.59. The summed E-state index contributed by atoms with van der Waals surface area (Å²) in [6.07, 6.45) is 6.16. The lowest BCUT2D eigenvalue weighted by Gasteiger charge is -2.36. The number of aliphatic hydroxyl groups is 2. The molecule has 6 rings (SSSR count). The molecule has 0 fully saturated rings. The fourth-order valence-electron chi connectivity index (χ4n) is 7.00. The van der Waals surface area contributed by atoms with Crippen molar-refractivity contribution in [3.05, 3.63) is 124 Å². The van der Waals surface area contributed by atoms with Crippen molar-refractivity contribution in [2.45, 2.75) is 71.7 Å². The lowest BCUT2D eigenvalue weighted by molar-refractivity contribution is -0.113. The van der Waals surface area contributed by atoms with Gasteiger partial charge in [-0.05, 0) is 104 Å². The summed E-state index contributed by atoms with van der Waals surface area (Å²) in [5.41, 5.74) is 5.51. The van der Waals surface area contributed by atoms with Gasteiger partial charge in [0.05, 0.1) is 36.6 Å². The molecule has 288 valence electrons. The van der Waals surface area contributed by atoms with Crippen LogP contribution in [0.2, 0.25) is 0 Å². The number of hydrogen-bond donors (Lipinski definition) is 4. The third-order valence-corrected chi connectivity index (χ3v) is 10.2. The van der Waals surface area contributed by atoms with Crippen LogP contribution in [0.1, 0.15) is 82.8 Å². The molecule has 3 heterocycles. The van der Waals surface area contributed by atoms with Gasteiger partial charge in [-0.2, -0.15) is 5.10 Å². The van der Waals surface area contributed by atoms with Crippen molar-refractivity contribution in [3.8, 4) is 11.4 Å². The highest BCUT2D eigenvalue weighted by Gasteiger charge is 2.32. The Morgan fingerprint density at radius 2 is 1.67 bits per heavy atom. The Kier molecular flexibility index (Phi) is 12.5.